The first-order valence-corrected chi connectivity index (χ1v) is 12.1. The third-order valence-corrected chi connectivity index (χ3v) is 6.73. The van der Waals surface area contributed by atoms with Gasteiger partial charge in [0.05, 0.1) is 11.6 Å². The van der Waals surface area contributed by atoms with Gasteiger partial charge in [-0.3, -0.25) is 4.79 Å². The van der Waals surface area contributed by atoms with Crippen LogP contribution in [0.25, 0.3) is 11.1 Å². The normalized spacial score (nSPS) is 16.0. The van der Waals surface area contributed by atoms with E-state index in [2.05, 4.69) is 33.5 Å². The first kappa shape index (κ1) is 24.6. The van der Waals surface area contributed by atoms with E-state index in [0.717, 1.165) is 37.5 Å². The largest absolute Gasteiger partial charge is 0.416 e. The van der Waals surface area contributed by atoms with E-state index in [1.165, 1.54) is 23.4 Å². The zero-order chi connectivity index (χ0) is 26.0. The third-order valence-electron chi connectivity index (χ3n) is 6.73. The Labute approximate surface area is 213 Å². The molecule has 1 aromatic heterocycles. The summed E-state index contributed by atoms with van der Waals surface area (Å²) in [5.41, 5.74) is 4.86. The number of anilines is 2. The van der Waals surface area contributed by atoms with Crippen molar-refractivity contribution in [2.24, 2.45) is 0 Å². The van der Waals surface area contributed by atoms with Gasteiger partial charge in [-0.2, -0.15) is 13.2 Å². The van der Waals surface area contributed by atoms with Crippen LogP contribution in [-0.2, 0) is 6.18 Å². The number of rotatable bonds is 5. The van der Waals surface area contributed by atoms with Crippen LogP contribution in [0.4, 0.5) is 24.5 Å². The number of amides is 1. The molecule has 0 spiro atoms. The number of carbonyl (C=O) groups is 1. The predicted molar refractivity (Wildman–Crippen MR) is 140 cm³/mol. The van der Waals surface area contributed by atoms with Gasteiger partial charge in [0.25, 0.3) is 5.91 Å². The summed E-state index contributed by atoms with van der Waals surface area (Å²) < 4.78 is 38.9. The minimum atomic E-state index is -4.41. The van der Waals surface area contributed by atoms with Gasteiger partial charge in [0, 0.05) is 48.5 Å². The van der Waals surface area contributed by atoms with Crippen LogP contribution in [0.1, 0.15) is 33.2 Å². The minimum Gasteiger partial charge on any atom is -0.363 e. The van der Waals surface area contributed by atoms with Crippen molar-refractivity contribution in [2.45, 2.75) is 19.1 Å². The second-order valence-corrected chi connectivity index (χ2v) is 9.11. The molecule has 1 aliphatic heterocycles. The van der Waals surface area contributed by atoms with Crippen LogP contribution in [0, 0.1) is 6.92 Å². The molecule has 1 atom stereocenters. The third kappa shape index (κ3) is 5.24. The first-order valence-electron chi connectivity index (χ1n) is 12.1. The van der Waals surface area contributed by atoms with Gasteiger partial charge in [-0.15, -0.1) is 0 Å². The molecule has 5 nitrogen and oxygen atoms in total. The average molecular weight is 505 g/mol. The van der Waals surface area contributed by atoms with E-state index in [4.69, 9.17) is 0 Å². The zero-order valence-electron chi connectivity index (χ0n) is 20.3. The maximum atomic E-state index is 13.2. The van der Waals surface area contributed by atoms with E-state index in [1.54, 1.807) is 24.3 Å². The molecule has 5 rings (SSSR count). The first-order chi connectivity index (χ1) is 17.8. The Morgan fingerprint density at radius 1 is 0.973 bits per heavy atom. The van der Waals surface area contributed by atoms with Crippen molar-refractivity contribution in [3.8, 4) is 11.1 Å². The minimum absolute atomic E-state index is 0.180. The number of alkyl halides is 3. The summed E-state index contributed by atoms with van der Waals surface area (Å²) in [5.74, 6) is -0.328. The van der Waals surface area contributed by atoms with Gasteiger partial charge >= 0.3 is 6.18 Å². The quantitative estimate of drug-likeness (QED) is 0.294. The Balaban J connectivity index is 1.34. The van der Waals surface area contributed by atoms with Crippen molar-refractivity contribution >= 4 is 17.3 Å². The van der Waals surface area contributed by atoms with E-state index in [1.807, 2.05) is 30.5 Å². The van der Waals surface area contributed by atoms with E-state index in [9.17, 15) is 18.0 Å². The number of H-pyrrole nitrogens is 1. The van der Waals surface area contributed by atoms with Crippen LogP contribution in [0.3, 0.4) is 0 Å². The SMILES string of the molecule is Cc1cc[nH]c1C1CNCCN1c1ccc(NC(=O)c2ccccc2-c2ccc(C(F)(F)F)cc2)cc1. The number of nitrogens with one attached hydrogen (secondary N) is 3. The molecule has 1 saturated heterocycles. The van der Waals surface area contributed by atoms with Crippen LogP contribution < -0.4 is 15.5 Å². The van der Waals surface area contributed by atoms with Gasteiger partial charge in [0.1, 0.15) is 0 Å². The topological polar surface area (TPSA) is 60.2 Å². The van der Waals surface area contributed by atoms with Crippen LogP contribution in [0.2, 0.25) is 0 Å². The number of piperazine rings is 1. The summed E-state index contributed by atoms with van der Waals surface area (Å²) in [6, 6.07) is 21.7. The van der Waals surface area contributed by atoms with Crippen LogP contribution >= 0.6 is 0 Å². The van der Waals surface area contributed by atoms with Crippen LogP contribution in [0.5, 0.6) is 0 Å². The molecule has 0 aliphatic carbocycles. The lowest BCUT2D eigenvalue weighted by Crippen LogP contribution is -2.46. The van der Waals surface area contributed by atoms with Crippen molar-refractivity contribution in [1.82, 2.24) is 10.3 Å². The highest BCUT2D eigenvalue weighted by atomic mass is 19.4. The monoisotopic (exact) mass is 504 g/mol. The summed E-state index contributed by atoms with van der Waals surface area (Å²) >= 11 is 0. The molecule has 1 fully saturated rings. The number of benzene rings is 3. The number of hydrogen-bond donors (Lipinski definition) is 3. The Kier molecular flexibility index (Phi) is 6.76. The smallest absolute Gasteiger partial charge is 0.363 e. The van der Waals surface area contributed by atoms with Crippen molar-refractivity contribution in [2.75, 3.05) is 29.9 Å². The van der Waals surface area contributed by atoms with Gasteiger partial charge in [-0.05, 0) is 72.1 Å². The number of nitrogens with zero attached hydrogens (tertiary/aromatic N) is 1. The molecule has 190 valence electrons. The molecule has 37 heavy (non-hydrogen) atoms. The van der Waals surface area contributed by atoms with E-state index in [-0.39, 0.29) is 11.9 Å². The number of aryl methyl sites for hydroxylation is 1. The second kappa shape index (κ2) is 10.1. The van der Waals surface area contributed by atoms with E-state index < -0.39 is 11.7 Å². The molecule has 1 unspecified atom stereocenters. The van der Waals surface area contributed by atoms with Gasteiger partial charge in [0.2, 0.25) is 0 Å². The Bertz CT molecular complexity index is 1380. The average Bonchev–Trinajstić information content (AvgIpc) is 3.34. The summed E-state index contributed by atoms with van der Waals surface area (Å²) in [6.07, 6.45) is -2.45. The van der Waals surface area contributed by atoms with Crippen LogP contribution in [-0.4, -0.2) is 30.5 Å². The fraction of sp³-hybridized carbons (Fsp3) is 0.207. The number of carbonyl (C=O) groups excluding carboxylic acids is 1. The maximum absolute atomic E-state index is 13.2. The molecule has 0 saturated carbocycles. The standard InChI is InChI=1S/C29H27F3N4O/c1-19-14-15-34-27(19)26-18-33-16-17-36(26)23-12-10-22(11-13-23)35-28(37)25-5-3-2-4-24(25)20-6-8-21(9-7-20)29(30,31)32/h2-15,26,33-34H,16-18H2,1H3,(H,35,37). The lowest BCUT2D eigenvalue weighted by Gasteiger charge is -2.38. The lowest BCUT2D eigenvalue weighted by atomic mass is 9.98. The molecular formula is C29H27F3N4O. The molecule has 3 aromatic carbocycles. The molecule has 4 aromatic rings. The lowest BCUT2D eigenvalue weighted by molar-refractivity contribution is -0.137. The molecule has 0 bridgehead atoms. The number of aromatic nitrogens is 1. The number of aromatic amines is 1. The highest BCUT2D eigenvalue weighted by Gasteiger charge is 2.30. The summed E-state index contributed by atoms with van der Waals surface area (Å²) in [7, 11) is 0. The van der Waals surface area contributed by atoms with E-state index in [0.29, 0.717) is 22.4 Å². The van der Waals surface area contributed by atoms with Crippen molar-refractivity contribution < 1.29 is 18.0 Å². The van der Waals surface area contributed by atoms with E-state index >= 15 is 0 Å². The van der Waals surface area contributed by atoms with Gasteiger partial charge in [-0.1, -0.05) is 30.3 Å². The Morgan fingerprint density at radius 2 is 1.70 bits per heavy atom. The van der Waals surface area contributed by atoms with Gasteiger partial charge in [-0.25, -0.2) is 0 Å². The summed E-state index contributed by atoms with van der Waals surface area (Å²) in [4.78, 5) is 18.9. The summed E-state index contributed by atoms with van der Waals surface area (Å²) in [5, 5.41) is 6.39. The highest BCUT2D eigenvalue weighted by Crippen LogP contribution is 2.33. The fourth-order valence-electron chi connectivity index (χ4n) is 4.80. The van der Waals surface area contributed by atoms with Crippen LogP contribution in [0.15, 0.2) is 85.1 Å². The molecule has 8 heteroatoms. The molecule has 2 heterocycles. The van der Waals surface area contributed by atoms with Gasteiger partial charge < -0.3 is 20.5 Å². The Morgan fingerprint density at radius 3 is 2.38 bits per heavy atom. The number of hydrogen-bond acceptors (Lipinski definition) is 3. The van der Waals surface area contributed by atoms with Crippen molar-refractivity contribution in [1.29, 1.82) is 0 Å². The van der Waals surface area contributed by atoms with Crippen molar-refractivity contribution in [3.63, 3.8) is 0 Å². The second-order valence-electron chi connectivity index (χ2n) is 9.11. The highest BCUT2D eigenvalue weighted by molar-refractivity contribution is 6.08. The van der Waals surface area contributed by atoms with Crippen molar-refractivity contribution in [3.05, 3.63) is 107 Å². The fourth-order valence-corrected chi connectivity index (χ4v) is 4.80. The molecular weight excluding hydrogens is 477 g/mol. The molecule has 0 radical (unpaired) electrons. The zero-order valence-corrected chi connectivity index (χ0v) is 20.3. The summed E-state index contributed by atoms with van der Waals surface area (Å²) in [6.45, 7) is 4.67. The van der Waals surface area contributed by atoms with Gasteiger partial charge in [0.15, 0.2) is 0 Å². The molecule has 1 amide bonds. The predicted octanol–water partition coefficient (Wildman–Crippen LogP) is 6.41. The number of halogens is 3. The maximum Gasteiger partial charge on any atom is 0.416 e. The molecule has 3 N–H and O–H groups in total. The molecule has 1 aliphatic rings. The Hall–Kier alpha value is -4.04.